The standard InChI is InChI=1S/C19H28N4O6/c1-18(2,3)29-15(26)19(14(24)25,10-7-11-22-16(20)21)23-17(27)28-12-13-8-5-4-6-9-13/h4-6,8-9H,7,10-12H2,1-3H3,(H,23,27)(H,24,25)(H4,20,21,22)/t19-/m0/s1. The molecule has 1 amide bonds. The number of ether oxygens (including phenoxy) is 2. The van der Waals surface area contributed by atoms with Gasteiger partial charge >= 0.3 is 18.0 Å². The van der Waals surface area contributed by atoms with Gasteiger partial charge in [-0.15, -0.1) is 0 Å². The molecule has 0 aliphatic rings. The van der Waals surface area contributed by atoms with Crippen LogP contribution in [0.4, 0.5) is 4.79 Å². The first-order valence-electron chi connectivity index (χ1n) is 8.97. The topological polar surface area (TPSA) is 166 Å². The second-order valence-electron chi connectivity index (χ2n) is 7.31. The van der Waals surface area contributed by atoms with Gasteiger partial charge in [0.05, 0.1) is 0 Å². The molecular weight excluding hydrogens is 380 g/mol. The number of nitrogens with zero attached hydrogens (tertiary/aromatic N) is 1. The molecule has 0 unspecified atom stereocenters. The zero-order chi connectivity index (χ0) is 22.1. The number of aliphatic imine (C=N–C) groups is 1. The molecule has 1 atom stereocenters. The summed E-state index contributed by atoms with van der Waals surface area (Å²) in [6.07, 6.45) is -1.26. The third-order valence-corrected chi connectivity index (χ3v) is 3.64. The van der Waals surface area contributed by atoms with E-state index in [-0.39, 0.29) is 32.0 Å². The molecule has 10 heteroatoms. The number of esters is 1. The summed E-state index contributed by atoms with van der Waals surface area (Å²) < 4.78 is 10.3. The number of nitrogens with two attached hydrogens (primary N) is 2. The number of carbonyl (C=O) groups is 3. The molecule has 160 valence electrons. The normalized spacial score (nSPS) is 12.9. The molecule has 6 N–H and O–H groups in total. The van der Waals surface area contributed by atoms with E-state index in [0.717, 1.165) is 0 Å². The van der Waals surface area contributed by atoms with Gasteiger partial charge in [-0.3, -0.25) is 10.3 Å². The lowest BCUT2D eigenvalue weighted by Crippen LogP contribution is -2.61. The first-order valence-corrected chi connectivity index (χ1v) is 8.97. The lowest BCUT2D eigenvalue weighted by Gasteiger charge is -2.31. The summed E-state index contributed by atoms with van der Waals surface area (Å²) in [5.74, 6) is -2.86. The Morgan fingerprint density at radius 1 is 1.14 bits per heavy atom. The van der Waals surface area contributed by atoms with Crippen LogP contribution in [-0.2, 0) is 25.7 Å². The van der Waals surface area contributed by atoms with E-state index in [9.17, 15) is 19.5 Å². The smallest absolute Gasteiger partial charge is 0.408 e. The van der Waals surface area contributed by atoms with Gasteiger partial charge in [0.15, 0.2) is 5.96 Å². The molecule has 0 radical (unpaired) electrons. The van der Waals surface area contributed by atoms with Crippen molar-refractivity contribution >= 4 is 24.0 Å². The van der Waals surface area contributed by atoms with E-state index >= 15 is 0 Å². The summed E-state index contributed by atoms with van der Waals surface area (Å²) in [6.45, 7) is 4.74. The van der Waals surface area contributed by atoms with Gasteiger partial charge in [-0.1, -0.05) is 30.3 Å². The summed E-state index contributed by atoms with van der Waals surface area (Å²) in [5, 5.41) is 11.9. The quantitative estimate of drug-likeness (QED) is 0.155. The minimum absolute atomic E-state index is 0.0703. The lowest BCUT2D eigenvalue weighted by molar-refractivity contribution is -0.171. The Bertz CT molecular complexity index is 741. The van der Waals surface area contributed by atoms with E-state index in [2.05, 4.69) is 10.3 Å². The van der Waals surface area contributed by atoms with Crippen LogP contribution in [0.1, 0.15) is 39.2 Å². The van der Waals surface area contributed by atoms with Crippen LogP contribution in [0.3, 0.4) is 0 Å². The van der Waals surface area contributed by atoms with Crippen molar-refractivity contribution in [2.45, 2.75) is 51.4 Å². The average Bonchev–Trinajstić information content (AvgIpc) is 2.61. The van der Waals surface area contributed by atoms with Crippen LogP contribution < -0.4 is 16.8 Å². The van der Waals surface area contributed by atoms with Gasteiger partial charge in [0.2, 0.25) is 5.54 Å². The van der Waals surface area contributed by atoms with E-state index < -0.39 is 29.2 Å². The summed E-state index contributed by atoms with van der Waals surface area (Å²) in [4.78, 5) is 40.8. The predicted molar refractivity (Wildman–Crippen MR) is 106 cm³/mol. The molecule has 0 spiro atoms. The first kappa shape index (κ1) is 23.7. The van der Waals surface area contributed by atoms with Crippen molar-refractivity contribution in [1.29, 1.82) is 0 Å². The van der Waals surface area contributed by atoms with Crippen molar-refractivity contribution in [3.8, 4) is 0 Å². The highest BCUT2D eigenvalue weighted by Crippen LogP contribution is 2.21. The largest absolute Gasteiger partial charge is 0.479 e. The van der Waals surface area contributed by atoms with Gasteiger partial charge in [-0.05, 0) is 39.2 Å². The van der Waals surface area contributed by atoms with E-state index in [4.69, 9.17) is 20.9 Å². The second-order valence-corrected chi connectivity index (χ2v) is 7.31. The Morgan fingerprint density at radius 3 is 2.28 bits per heavy atom. The van der Waals surface area contributed by atoms with E-state index in [1.54, 1.807) is 51.1 Å². The molecule has 1 rings (SSSR count). The highest BCUT2D eigenvalue weighted by Gasteiger charge is 2.50. The fourth-order valence-electron chi connectivity index (χ4n) is 2.31. The van der Waals surface area contributed by atoms with Gasteiger partial charge in [0.25, 0.3) is 0 Å². The minimum Gasteiger partial charge on any atom is -0.479 e. The Labute approximate surface area is 169 Å². The van der Waals surface area contributed by atoms with Crippen LogP contribution in [0.25, 0.3) is 0 Å². The molecule has 1 aromatic carbocycles. The summed E-state index contributed by atoms with van der Waals surface area (Å²) >= 11 is 0. The maximum absolute atomic E-state index is 12.7. The van der Waals surface area contributed by atoms with Crippen LogP contribution in [0.2, 0.25) is 0 Å². The molecular formula is C19H28N4O6. The summed E-state index contributed by atoms with van der Waals surface area (Å²) in [5.41, 5.74) is 7.89. The molecule has 0 aromatic heterocycles. The number of amides is 1. The van der Waals surface area contributed by atoms with Crippen molar-refractivity contribution < 1.29 is 29.0 Å². The molecule has 0 saturated heterocycles. The fraction of sp³-hybridized carbons (Fsp3) is 0.474. The molecule has 29 heavy (non-hydrogen) atoms. The van der Waals surface area contributed by atoms with Gasteiger partial charge in [-0.2, -0.15) is 0 Å². The van der Waals surface area contributed by atoms with Crippen LogP contribution in [0, 0.1) is 0 Å². The third-order valence-electron chi connectivity index (χ3n) is 3.64. The minimum atomic E-state index is -2.35. The molecule has 0 aliphatic carbocycles. The van der Waals surface area contributed by atoms with E-state index in [1.165, 1.54) is 0 Å². The highest BCUT2D eigenvalue weighted by molar-refractivity contribution is 6.06. The van der Waals surface area contributed by atoms with E-state index in [1.807, 2.05) is 0 Å². The van der Waals surface area contributed by atoms with Crippen LogP contribution in [-0.4, -0.2) is 46.8 Å². The molecule has 10 nitrogen and oxygen atoms in total. The maximum Gasteiger partial charge on any atom is 0.408 e. The predicted octanol–water partition coefficient (Wildman–Crippen LogP) is 1.13. The first-order chi connectivity index (χ1) is 13.5. The van der Waals surface area contributed by atoms with E-state index in [0.29, 0.717) is 5.56 Å². The number of carboxylic acids is 1. The molecule has 0 saturated carbocycles. The highest BCUT2D eigenvalue weighted by atomic mass is 16.6. The molecule has 0 aliphatic heterocycles. The van der Waals surface area contributed by atoms with Crippen molar-refractivity contribution in [2.75, 3.05) is 6.54 Å². The van der Waals surface area contributed by atoms with Crippen LogP contribution >= 0.6 is 0 Å². The molecule has 1 aromatic rings. The Hall–Kier alpha value is -3.30. The van der Waals surface area contributed by atoms with Crippen molar-refractivity contribution in [1.82, 2.24) is 5.32 Å². The second kappa shape index (κ2) is 10.3. The zero-order valence-electron chi connectivity index (χ0n) is 16.8. The van der Waals surface area contributed by atoms with Crippen molar-refractivity contribution in [2.24, 2.45) is 16.5 Å². The van der Waals surface area contributed by atoms with Gasteiger partial charge in [0, 0.05) is 6.54 Å². The number of aliphatic carboxylic acids is 1. The van der Waals surface area contributed by atoms with Crippen molar-refractivity contribution in [3.63, 3.8) is 0 Å². The Kier molecular flexibility index (Phi) is 8.43. The molecule has 0 heterocycles. The fourth-order valence-corrected chi connectivity index (χ4v) is 2.31. The number of rotatable bonds is 9. The number of nitrogens with one attached hydrogen (secondary N) is 1. The Morgan fingerprint density at radius 2 is 1.76 bits per heavy atom. The van der Waals surface area contributed by atoms with Crippen LogP contribution in [0.15, 0.2) is 35.3 Å². The number of hydrogen-bond donors (Lipinski definition) is 4. The number of benzene rings is 1. The van der Waals surface area contributed by atoms with Gasteiger partial charge in [0.1, 0.15) is 12.2 Å². The average molecular weight is 408 g/mol. The number of alkyl carbamates (subject to hydrolysis) is 1. The SMILES string of the molecule is CC(C)(C)OC(=O)[C@@](CCCN=C(N)N)(NC(=O)OCc1ccccc1)C(=O)O. The summed E-state index contributed by atoms with van der Waals surface area (Å²) in [6, 6.07) is 8.81. The van der Waals surface area contributed by atoms with Crippen LogP contribution in [0.5, 0.6) is 0 Å². The number of carboxylic acid groups (broad SMARTS) is 1. The Balaban J connectivity index is 2.98. The number of guanidine groups is 1. The zero-order valence-corrected chi connectivity index (χ0v) is 16.8. The number of hydrogen-bond acceptors (Lipinski definition) is 6. The lowest BCUT2D eigenvalue weighted by atomic mass is 9.93. The maximum atomic E-state index is 12.7. The summed E-state index contributed by atoms with van der Waals surface area (Å²) in [7, 11) is 0. The molecule has 0 fully saturated rings. The number of carbonyl (C=O) groups excluding carboxylic acids is 2. The van der Waals surface area contributed by atoms with Gasteiger partial charge in [-0.25, -0.2) is 14.4 Å². The molecule has 0 bridgehead atoms. The van der Waals surface area contributed by atoms with Gasteiger partial charge < -0.3 is 26.0 Å². The monoisotopic (exact) mass is 408 g/mol. The third kappa shape index (κ3) is 8.08. The van der Waals surface area contributed by atoms with Crippen molar-refractivity contribution in [3.05, 3.63) is 35.9 Å².